The topological polar surface area (TPSA) is 26.3 Å². The zero-order valence-electron chi connectivity index (χ0n) is 16.9. The van der Waals surface area contributed by atoms with Crippen LogP contribution in [-0.2, 0) is 6.42 Å². The van der Waals surface area contributed by atoms with Gasteiger partial charge in [0.25, 0.3) is 0 Å². The number of rotatable bonds is 8. The van der Waals surface area contributed by atoms with Gasteiger partial charge in [0.05, 0.1) is 6.61 Å². The zero-order chi connectivity index (χ0) is 20.1. The van der Waals surface area contributed by atoms with Gasteiger partial charge >= 0.3 is 0 Å². The van der Waals surface area contributed by atoms with Crippen LogP contribution in [0.1, 0.15) is 53.2 Å². The van der Waals surface area contributed by atoms with Crippen molar-refractivity contribution >= 4 is 11.4 Å². The Morgan fingerprint density at radius 1 is 0.862 bits per heavy atom. The maximum absolute atomic E-state index is 13.4. The van der Waals surface area contributed by atoms with E-state index in [1.807, 2.05) is 54.6 Å². The number of unbranched alkanes of at least 4 members (excludes halogenated alkanes) is 2. The summed E-state index contributed by atoms with van der Waals surface area (Å²) >= 11 is 0. The Morgan fingerprint density at radius 3 is 2.34 bits per heavy atom. The molecule has 29 heavy (non-hydrogen) atoms. The third kappa shape index (κ3) is 4.17. The summed E-state index contributed by atoms with van der Waals surface area (Å²) in [4.78, 5) is 13.4. The van der Waals surface area contributed by atoms with Crippen molar-refractivity contribution in [3.8, 4) is 5.75 Å². The third-order valence-electron chi connectivity index (χ3n) is 5.43. The number of carbonyl (C=O) groups is 1. The Balaban J connectivity index is 1.61. The van der Waals surface area contributed by atoms with Gasteiger partial charge in [-0.1, -0.05) is 74.4 Å². The average molecular weight is 383 g/mol. The van der Waals surface area contributed by atoms with Gasteiger partial charge in [0, 0.05) is 17.6 Å². The molecule has 0 aliphatic heterocycles. The first-order valence-electron chi connectivity index (χ1n) is 10.4. The minimum atomic E-state index is 0.0950. The number of ketones is 1. The summed E-state index contributed by atoms with van der Waals surface area (Å²) in [6, 6.07) is 26.1. The molecule has 0 aromatic heterocycles. The van der Waals surface area contributed by atoms with Gasteiger partial charge in [0.15, 0.2) is 5.78 Å². The minimum Gasteiger partial charge on any atom is -0.494 e. The molecule has 0 radical (unpaired) electrons. The highest BCUT2D eigenvalue weighted by Crippen LogP contribution is 2.38. The van der Waals surface area contributed by atoms with E-state index in [1.54, 1.807) is 0 Å². The van der Waals surface area contributed by atoms with E-state index in [0.717, 1.165) is 41.1 Å². The molecule has 1 aliphatic rings. The number of carbonyl (C=O) groups excluding carboxylic acids is 1. The van der Waals surface area contributed by atoms with Gasteiger partial charge < -0.3 is 4.74 Å². The normalized spacial score (nSPS) is 12.7. The Bertz CT molecular complexity index is 1010. The van der Waals surface area contributed by atoms with Gasteiger partial charge in [-0.15, -0.1) is 0 Å². The van der Waals surface area contributed by atoms with Crippen LogP contribution in [0.2, 0.25) is 0 Å². The monoisotopic (exact) mass is 382 g/mol. The van der Waals surface area contributed by atoms with E-state index in [9.17, 15) is 4.79 Å². The summed E-state index contributed by atoms with van der Waals surface area (Å²) < 4.78 is 5.79. The molecule has 0 atom stereocenters. The molecule has 0 saturated carbocycles. The molecule has 0 saturated heterocycles. The van der Waals surface area contributed by atoms with E-state index in [4.69, 9.17) is 4.74 Å². The summed E-state index contributed by atoms with van der Waals surface area (Å²) in [5.74, 6) is 0.919. The molecule has 0 unspecified atom stereocenters. The van der Waals surface area contributed by atoms with E-state index in [0.29, 0.717) is 12.0 Å². The first kappa shape index (κ1) is 19.2. The molecule has 1 aliphatic carbocycles. The quantitative estimate of drug-likeness (QED) is 0.328. The largest absolute Gasteiger partial charge is 0.494 e. The fourth-order valence-corrected chi connectivity index (χ4v) is 3.91. The second-order valence-electron chi connectivity index (χ2n) is 7.46. The number of benzene rings is 3. The molecule has 3 aromatic carbocycles. The molecular formula is C27H26O2. The molecule has 0 N–H and O–H groups in total. The van der Waals surface area contributed by atoms with Crippen LogP contribution in [0.3, 0.4) is 0 Å². The number of ether oxygens (including phenoxy) is 1. The predicted molar refractivity (Wildman–Crippen MR) is 118 cm³/mol. The van der Waals surface area contributed by atoms with Crippen molar-refractivity contribution in [2.24, 2.45) is 0 Å². The Labute approximate surface area is 172 Å². The molecule has 0 amide bonds. The Kier molecular flexibility index (Phi) is 5.90. The summed E-state index contributed by atoms with van der Waals surface area (Å²) in [6.45, 7) is 2.90. The highest BCUT2D eigenvalue weighted by atomic mass is 16.5. The molecule has 3 aromatic rings. The van der Waals surface area contributed by atoms with Crippen LogP contribution < -0.4 is 4.74 Å². The summed E-state index contributed by atoms with van der Waals surface area (Å²) in [7, 11) is 0. The van der Waals surface area contributed by atoms with Gasteiger partial charge in [0.1, 0.15) is 5.75 Å². The second-order valence-corrected chi connectivity index (χ2v) is 7.46. The van der Waals surface area contributed by atoms with Crippen molar-refractivity contribution in [3.63, 3.8) is 0 Å². The molecule has 2 heteroatoms. The van der Waals surface area contributed by atoms with Crippen molar-refractivity contribution in [2.45, 2.75) is 32.6 Å². The van der Waals surface area contributed by atoms with Gasteiger partial charge in [-0.25, -0.2) is 0 Å². The van der Waals surface area contributed by atoms with E-state index >= 15 is 0 Å². The maximum Gasteiger partial charge on any atom is 0.189 e. The predicted octanol–water partition coefficient (Wildman–Crippen LogP) is 6.50. The number of Topliss-reactive ketones (excluding diaryl/α,β-unsaturated/α-hetero) is 1. The fourth-order valence-electron chi connectivity index (χ4n) is 3.91. The molecule has 0 heterocycles. The van der Waals surface area contributed by atoms with Crippen molar-refractivity contribution in [1.82, 2.24) is 0 Å². The van der Waals surface area contributed by atoms with Crippen LogP contribution in [0.4, 0.5) is 0 Å². The van der Waals surface area contributed by atoms with E-state index in [1.165, 1.54) is 18.4 Å². The molecule has 0 bridgehead atoms. The van der Waals surface area contributed by atoms with E-state index < -0.39 is 0 Å². The van der Waals surface area contributed by atoms with E-state index in [2.05, 4.69) is 31.2 Å². The molecule has 2 nitrogen and oxygen atoms in total. The lowest BCUT2D eigenvalue weighted by Gasteiger charge is -2.10. The van der Waals surface area contributed by atoms with Gasteiger partial charge in [0.2, 0.25) is 0 Å². The van der Waals surface area contributed by atoms with E-state index in [-0.39, 0.29) is 5.78 Å². The number of fused-ring (bicyclic) bond motifs is 1. The van der Waals surface area contributed by atoms with Crippen molar-refractivity contribution < 1.29 is 9.53 Å². The lowest BCUT2D eigenvalue weighted by Crippen LogP contribution is -2.06. The lowest BCUT2D eigenvalue weighted by molar-refractivity contribution is 0.103. The first-order valence-corrected chi connectivity index (χ1v) is 10.4. The standard InChI is InChI=1S/C27H26O2/c1-2-3-9-18-29-23-16-14-21(15-17-23)27(28)25-19-22-12-7-8-13-24(22)26(25)20-10-5-4-6-11-20/h4-8,10-17H,2-3,9,18-19H2,1H3. The molecule has 0 fully saturated rings. The fraction of sp³-hybridized carbons (Fsp3) is 0.222. The third-order valence-corrected chi connectivity index (χ3v) is 5.43. The molecular weight excluding hydrogens is 356 g/mol. The first-order chi connectivity index (χ1) is 14.3. The van der Waals surface area contributed by atoms with Crippen LogP contribution in [0.15, 0.2) is 84.4 Å². The summed E-state index contributed by atoms with van der Waals surface area (Å²) in [5.41, 5.74) is 6.11. The van der Waals surface area contributed by atoms with Crippen LogP contribution in [-0.4, -0.2) is 12.4 Å². The number of hydrogen-bond acceptors (Lipinski definition) is 2. The van der Waals surface area contributed by atoms with Crippen LogP contribution in [0, 0.1) is 0 Å². The lowest BCUT2D eigenvalue weighted by atomic mass is 9.94. The molecule has 146 valence electrons. The smallest absolute Gasteiger partial charge is 0.189 e. The Hall–Kier alpha value is -3.13. The van der Waals surface area contributed by atoms with Crippen molar-refractivity contribution in [2.75, 3.05) is 6.61 Å². The van der Waals surface area contributed by atoms with Gasteiger partial charge in [-0.2, -0.15) is 0 Å². The number of allylic oxidation sites excluding steroid dienone is 1. The number of hydrogen-bond donors (Lipinski definition) is 0. The van der Waals surface area contributed by atoms with Crippen LogP contribution in [0.25, 0.3) is 5.57 Å². The maximum atomic E-state index is 13.4. The highest BCUT2D eigenvalue weighted by Gasteiger charge is 2.27. The van der Waals surface area contributed by atoms with Crippen LogP contribution in [0.5, 0.6) is 5.75 Å². The van der Waals surface area contributed by atoms with Gasteiger partial charge in [-0.05, 0) is 52.9 Å². The van der Waals surface area contributed by atoms with Crippen molar-refractivity contribution in [3.05, 3.63) is 107 Å². The molecule has 0 spiro atoms. The highest BCUT2D eigenvalue weighted by molar-refractivity contribution is 6.16. The zero-order valence-corrected chi connectivity index (χ0v) is 16.9. The summed E-state index contributed by atoms with van der Waals surface area (Å²) in [6.07, 6.45) is 4.09. The summed E-state index contributed by atoms with van der Waals surface area (Å²) in [5, 5.41) is 0. The second kappa shape index (κ2) is 8.91. The van der Waals surface area contributed by atoms with Crippen molar-refractivity contribution in [1.29, 1.82) is 0 Å². The minimum absolute atomic E-state index is 0.0950. The Morgan fingerprint density at radius 2 is 1.59 bits per heavy atom. The molecule has 4 rings (SSSR count). The SMILES string of the molecule is CCCCCOc1ccc(C(=O)C2=C(c3ccccc3)c3ccccc3C2)cc1. The van der Waals surface area contributed by atoms with Gasteiger partial charge in [-0.3, -0.25) is 4.79 Å². The average Bonchev–Trinajstić information content (AvgIpc) is 3.17. The van der Waals surface area contributed by atoms with Crippen LogP contribution >= 0.6 is 0 Å².